The molecular weight excluding hydrogens is 487 g/mol. The van der Waals surface area contributed by atoms with E-state index >= 15 is 0 Å². The average Bonchev–Trinajstić information content (AvgIpc) is 2.63. The number of likely N-dealkylation sites (tertiary alicyclic amines) is 1. The Morgan fingerprint density at radius 3 is 2.46 bits per heavy atom. The van der Waals surface area contributed by atoms with Gasteiger partial charge >= 0.3 is 6.18 Å². The highest BCUT2D eigenvalue weighted by atomic mass is 127. The number of hydrogen-bond donors (Lipinski definition) is 2. The number of piperidine rings is 1. The molecule has 9 heteroatoms. The molecule has 0 unspecified atom stereocenters. The number of rotatable bonds is 6. The van der Waals surface area contributed by atoms with Crippen molar-refractivity contribution in [2.45, 2.75) is 38.9 Å². The Labute approximate surface area is 181 Å². The molecule has 0 atom stereocenters. The van der Waals surface area contributed by atoms with Gasteiger partial charge in [-0.1, -0.05) is 13.0 Å². The van der Waals surface area contributed by atoms with Crippen molar-refractivity contribution in [2.24, 2.45) is 10.9 Å². The van der Waals surface area contributed by atoms with Crippen LogP contribution in [0.25, 0.3) is 0 Å². The van der Waals surface area contributed by atoms with E-state index in [0.717, 1.165) is 57.6 Å². The van der Waals surface area contributed by atoms with Gasteiger partial charge in [0.15, 0.2) is 5.96 Å². The summed E-state index contributed by atoms with van der Waals surface area (Å²) in [5.41, 5.74) is -0.978. The van der Waals surface area contributed by atoms with Gasteiger partial charge in [0.2, 0.25) is 0 Å². The number of halogens is 5. The molecule has 4 nitrogen and oxygen atoms in total. The van der Waals surface area contributed by atoms with E-state index in [2.05, 4.69) is 27.4 Å². The predicted octanol–water partition coefficient (Wildman–Crippen LogP) is 4.25. The third kappa shape index (κ3) is 7.73. The van der Waals surface area contributed by atoms with Crippen molar-refractivity contribution in [3.8, 4) is 0 Å². The van der Waals surface area contributed by atoms with E-state index in [4.69, 9.17) is 0 Å². The van der Waals surface area contributed by atoms with E-state index in [1.807, 2.05) is 0 Å². The van der Waals surface area contributed by atoms with Gasteiger partial charge in [0.25, 0.3) is 0 Å². The molecule has 0 aromatic heterocycles. The molecule has 2 rings (SSSR count). The van der Waals surface area contributed by atoms with Crippen LogP contribution in [-0.2, 0) is 12.7 Å². The summed E-state index contributed by atoms with van der Waals surface area (Å²) in [6, 6.07) is 2.71. The maximum atomic E-state index is 13.2. The molecule has 0 amide bonds. The molecule has 0 aliphatic carbocycles. The molecule has 0 bridgehead atoms. The highest BCUT2D eigenvalue weighted by molar-refractivity contribution is 14.0. The third-order valence-electron chi connectivity index (χ3n) is 4.85. The molecule has 1 heterocycles. The number of aliphatic imine (C=N–C) groups is 1. The fraction of sp³-hybridized carbons (Fsp3) is 0.632. The summed E-state index contributed by atoms with van der Waals surface area (Å²) >= 11 is 0. The molecule has 1 fully saturated rings. The fourth-order valence-corrected chi connectivity index (χ4v) is 3.34. The van der Waals surface area contributed by atoms with E-state index < -0.39 is 17.6 Å². The molecule has 1 aliphatic heterocycles. The van der Waals surface area contributed by atoms with Gasteiger partial charge in [-0.2, -0.15) is 13.2 Å². The van der Waals surface area contributed by atoms with Gasteiger partial charge in [0.1, 0.15) is 5.82 Å². The van der Waals surface area contributed by atoms with Gasteiger partial charge in [-0.3, -0.25) is 4.99 Å². The van der Waals surface area contributed by atoms with E-state index in [-0.39, 0.29) is 36.1 Å². The second kappa shape index (κ2) is 11.8. The molecule has 1 aromatic carbocycles. The molecule has 0 saturated carbocycles. The summed E-state index contributed by atoms with van der Waals surface area (Å²) in [6.07, 6.45) is -1.24. The maximum absolute atomic E-state index is 13.2. The lowest BCUT2D eigenvalue weighted by Gasteiger charge is -2.32. The summed E-state index contributed by atoms with van der Waals surface area (Å²) in [7, 11) is 1.58. The number of hydrogen-bond acceptors (Lipinski definition) is 2. The molecule has 1 aliphatic rings. The second-order valence-corrected chi connectivity index (χ2v) is 6.89. The van der Waals surface area contributed by atoms with Crippen LogP contribution in [0, 0.1) is 11.7 Å². The van der Waals surface area contributed by atoms with Crippen molar-refractivity contribution >= 4 is 29.9 Å². The van der Waals surface area contributed by atoms with Crippen molar-refractivity contribution in [2.75, 3.05) is 33.2 Å². The second-order valence-electron chi connectivity index (χ2n) is 6.89. The Bertz CT molecular complexity index is 629. The summed E-state index contributed by atoms with van der Waals surface area (Å²) < 4.78 is 52.4. The van der Waals surface area contributed by atoms with E-state index in [9.17, 15) is 17.6 Å². The normalized spacial score (nSPS) is 16.6. The summed E-state index contributed by atoms with van der Waals surface area (Å²) in [4.78, 5) is 6.53. The van der Waals surface area contributed by atoms with Gasteiger partial charge in [-0.05, 0) is 62.5 Å². The van der Waals surface area contributed by atoms with Crippen LogP contribution >= 0.6 is 24.0 Å². The molecule has 1 aromatic rings. The number of nitrogens with zero attached hydrogens (tertiary/aromatic N) is 2. The molecule has 0 radical (unpaired) electrons. The zero-order valence-electron chi connectivity index (χ0n) is 16.3. The summed E-state index contributed by atoms with van der Waals surface area (Å²) in [5, 5.41) is 6.08. The van der Waals surface area contributed by atoms with Crippen LogP contribution in [0.5, 0.6) is 0 Å². The highest BCUT2D eigenvalue weighted by Crippen LogP contribution is 2.32. The summed E-state index contributed by atoms with van der Waals surface area (Å²) in [6.45, 7) is 6.11. The number of guanidine groups is 1. The Hall–Kier alpha value is -1.10. The first-order valence-electron chi connectivity index (χ1n) is 9.36. The minimum Gasteiger partial charge on any atom is -0.356 e. The Morgan fingerprint density at radius 1 is 1.21 bits per heavy atom. The fourth-order valence-electron chi connectivity index (χ4n) is 3.34. The van der Waals surface area contributed by atoms with Gasteiger partial charge < -0.3 is 15.5 Å². The largest absolute Gasteiger partial charge is 0.416 e. The van der Waals surface area contributed by atoms with Crippen LogP contribution < -0.4 is 10.6 Å². The Balaban J connectivity index is 0.00000392. The first-order chi connectivity index (χ1) is 12.8. The lowest BCUT2D eigenvalue weighted by atomic mass is 9.97. The lowest BCUT2D eigenvalue weighted by molar-refractivity contribution is -0.138. The van der Waals surface area contributed by atoms with E-state index in [1.54, 1.807) is 7.05 Å². The van der Waals surface area contributed by atoms with E-state index in [0.29, 0.717) is 17.9 Å². The zero-order valence-corrected chi connectivity index (χ0v) is 18.6. The van der Waals surface area contributed by atoms with E-state index in [1.165, 1.54) is 0 Å². The van der Waals surface area contributed by atoms with Crippen molar-refractivity contribution < 1.29 is 17.6 Å². The predicted molar refractivity (Wildman–Crippen MR) is 114 cm³/mol. The topological polar surface area (TPSA) is 39.7 Å². The van der Waals surface area contributed by atoms with Gasteiger partial charge in [0.05, 0.1) is 5.56 Å². The minimum absolute atomic E-state index is 0. The van der Waals surface area contributed by atoms with Crippen LogP contribution in [-0.4, -0.2) is 44.1 Å². The quantitative estimate of drug-likeness (QED) is 0.257. The number of alkyl halides is 3. The van der Waals surface area contributed by atoms with Crippen molar-refractivity contribution in [3.05, 3.63) is 35.1 Å². The summed E-state index contributed by atoms with van der Waals surface area (Å²) in [5.74, 6) is 0.0691. The van der Waals surface area contributed by atoms with Gasteiger partial charge in [0, 0.05) is 20.1 Å². The molecule has 2 N–H and O–H groups in total. The van der Waals surface area contributed by atoms with Crippen molar-refractivity contribution in [1.82, 2.24) is 15.5 Å². The first-order valence-corrected chi connectivity index (χ1v) is 9.36. The van der Waals surface area contributed by atoms with Crippen molar-refractivity contribution in [1.29, 1.82) is 0 Å². The average molecular weight is 516 g/mol. The maximum Gasteiger partial charge on any atom is 0.416 e. The number of nitrogens with one attached hydrogen (secondary N) is 2. The molecule has 1 saturated heterocycles. The first kappa shape index (κ1) is 24.9. The van der Waals surface area contributed by atoms with Gasteiger partial charge in [-0.15, -0.1) is 24.0 Å². The van der Waals surface area contributed by atoms with Crippen LogP contribution in [0.3, 0.4) is 0 Å². The van der Waals surface area contributed by atoms with Crippen molar-refractivity contribution in [3.63, 3.8) is 0 Å². The smallest absolute Gasteiger partial charge is 0.356 e. The lowest BCUT2D eigenvalue weighted by Crippen LogP contribution is -2.42. The SMILES string of the molecule is CCCN1CCC(CNC(=NC)NCc2ccc(F)cc2C(F)(F)F)CC1.I. The monoisotopic (exact) mass is 516 g/mol. The molecule has 28 heavy (non-hydrogen) atoms. The Kier molecular flexibility index (Phi) is 10.5. The minimum atomic E-state index is -4.59. The standard InChI is InChI=1S/C19H28F4N4.HI/c1-3-8-27-9-6-14(7-10-27)12-25-18(24-2)26-13-15-4-5-16(20)11-17(15)19(21,22)23;/h4-5,11,14H,3,6-10,12-13H2,1-2H3,(H2,24,25,26);1H. The molecule has 0 spiro atoms. The zero-order chi connectivity index (χ0) is 19.9. The van der Waals surface area contributed by atoms with Crippen LogP contribution in [0.4, 0.5) is 17.6 Å². The molecule has 160 valence electrons. The van der Waals surface area contributed by atoms with Crippen LogP contribution in [0.1, 0.15) is 37.3 Å². The Morgan fingerprint density at radius 2 is 1.89 bits per heavy atom. The van der Waals surface area contributed by atoms with Crippen LogP contribution in [0.2, 0.25) is 0 Å². The molecular formula is C19H29F4IN4. The third-order valence-corrected chi connectivity index (χ3v) is 4.85. The highest BCUT2D eigenvalue weighted by Gasteiger charge is 2.33. The number of benzene rings is 1. The van der Waals surface area contributed by atoms with Crippen LogP contribution in [0.15, 0.2) is 23.2 Å². The van der Waals surface area contributed by atoms with Gasteiger partial charge in [-0.25, -0.2) is 4.39 Å².